The molecule has 100 valence electrons. The average molecular weight is 294 g/mol. The second kappa shape index (κ2) is 6.84. The van der Waals surface area contributed by atoms with Gasteiger partial charge in [0.2, 0.25) is 0 Å². The van der Waals surface area contributed by atoms with Crippen molar-refractivity contribution in [3.8, 4) is 0 Å². The number of carbonyl (C=O) groups is 1. The van der Waals surface area contributed by atoms with Crippen LogP contribution in [-0.4, -0.2) is 59.5 Å². The highest BCUT2D eigenvalue weighted by atomic mass is 35.5. The summed E-state index contributed by atoms with van der Waals surface area (Å²) in [6, 6.07) is 1.33. The van der Waals surface area contributed by atoms with Gasteiger partial charge >= 0.3 is 0 Å². The molecule has 0 bridgehead atoms. The van der Waals surface area contributed by atoms with E-state index >= 15 is 0 Å². The fourth-order valence-corrected chi connectivity index (χ4v) is 1.67. The van der Waals surface area contributed by atoms with Crippen molar-refractivity contribution in [2.75, 3.05) is 27.3 Å². The molecule has 0 saturated carbocycles. The van der Waals surface area contributed by atoms with E-state index in [-0.39, 0.29) is 29.0 Å². The highest BCUT2D eigenvalue weighted by Gasteiger charge is 2.19. The number of nitrogens with zero attached hydrogens (tertiary/aromatic N) is 3. The quantitative estimate of drug-likeness (QED) is 0.872. The molecule has 1 rings (SSSR count). The number of rotatable bonds is 5. The zero-order chi connectivity index (χ0) is 13.7. The summed E-state index contributed by atoms with van der Waals surface area (Å²) in [5.41, 5.74) is 0.142. The summed E-state index contributed by atoms with van der Waals surface area (Å²) in [4.78, 5) is 13.3. The Kier molecular flexibility index (Phi) is 5.74. The molecule has 0 saturated heterocycles. The normalized spacial score (nSPS) is 12.3. The molecule has 8 heteroatoms. The first-order valence-corrected chi connectivity index (χ1v) is 5.82. The molecule has 0 aliphatic rings. The molecule has 0 aliphatic heterocycles. The Morgan fingerprint density at radius 1 is 1.56 bits per heavy atom. The summed E-state index contributed by atoms with van der Waals surface area (Å²) < 4.78 is 4.78. The van der Waals surface area contributed by atoms with Crippen LogP contribution in [0.25, 0.3) is 0 Å². The molecule has 1 aromatic heterocycles. The fourth-order valence-electron chi connectivity index (χ4n) is 1.35. The molecule has 0 aromatic carbocycles. The van der Waals surface area contributed by atoms with Crippen LogP contribution >= 0.6 is 23.2 Å². The first-order chi connectivity index (χ1) is 8.45. The number of amides is 1. The third-order valence-corrected chi connectivity index (χ3v) is 2.60. The lowest BCUT2D eigenvalue weighted by Gasteiger charge is -2.20. The summed E-state index contributed by atoms with van der Waals surface area (Å²) in [6.45, 7) is 0.254. The van der Waals surface area contributed by atoms with Crippen molar-refractivity contribution in [1.29, 1.82) is 0 Å². The molecule has 0 fully saturated rings. The first kappa shape index (κ1) is 15.1. The highest BCUT2D eigenvalue weighted by Crippen LogP contribution is 2.17. The number of aliphatic hydroxyl groups excluding tert-OH is 1. The number of carbonyl (C=O) groups excluding carboxylic acids is 1. The Balaban J connectivity index is 2.77. The molecule has 1 unspecified atom stereocenters. The van der Waals surface area contributed by atoms with Gasteiger partial charge in [0.15, 0.2) is 10.3 Å². The third-order valence-electron chi connectivity index (χ3n) is 2.14. The van der Waals surface area contributed by atoms with Crippen LogP contribution in [0.5, 0.6) is 0 Å². The fraction of sp³-hybridized carbons (Fsp3) is 0.500. The monoisotopic (exact) mass is 293 g/mol. The molecule has 0 radical (unpaired) electrons. The van der Waals surface area contributed by atoms with Crippen LogP contribution in [0.4, 0.5) is 0 Å². The lowest BCUT2D eigenvalue weighted by Crippen LogP contribution is -2.36. The maximum atomic E-state index is 12.0. The Labute approximate surface area is 114 Å². The Morgan fingerprint density at radius 2 is 2.22 bits per heavy atom. The average Bonchev–Trinajstić information content (AvgIpc) is 2.31. The van der Waals surface area contributed by atoms with Crippen LogP contribution in [0.15, 0.2) is 6.07 Å². The number of ether oxygens (including phenoxy) is 1. The minimum atomic E-state index is -0.770. The van der Waals surface area contributed by atoms with E-state index in [2.05, 4.69) is 10.2 Å². The number of aromatic nitrogens is 2. The number of methoxy groups -OCH3 is 1. The number of likely N-dealkylation sites (N-methyl/N-ethyl adjacent to an activating group) is 1. The van der Waals surface area contributed by atoms with E-state index in [4.69, 9.17) is 27.9 Å². The minimum absolute atomic E-state index is 0.0301. The molecule has 0 spiro atoms. The number of hydrogen-bond acceptors (Lipinski definition) is 5. The molecular formula is C10H13Cl2N3O3. The maximum Gasteiger partial charge on any atom is 0.256 e. The van der Waals surface area contributed by atoms with Gasteiger partial charge in [-0.1, -0.05) is 23.2 Å². The van der Waals surface area contributed by atoms with Crippen LogP contribution in [0.3, 0.4) is 0 Å². The topological polar surface area (TPSA) is 75.6 Å². The van der Waals surface area contributed by atoms with Crippen molar-refractivity contribution in [2.45, 2.75) is 6.10 Å². The van der Waals surface area contributed by atoms with Crippen molar-refractivity contribution in [1.82, 2.24) is 15.1 Å². The molecule has 6 nitrogen and oxygen atoms in total. The molecule has 1 atom stereocenters. The van der Waals surface area contributed by atoms with Gasteiger partial charge in [-0.05, 0) is 6.07 Å². The summed E-state index contributed by atoms with van der Waals surface area (Å²) in [7, 11) is 3.00. The van der Waals surface area contributed by atoms with Crippen molar-refractivity contribution < 1.29 is 14.6 Å². The van der Waals surface area contributed by atoms with Gasteiger partial charge in [0, 0.05) is 20.7 Å². The Hall–Kier alpha value is -0.950. The Bertz CT molecular complexity index is 431. The lowest BCUT2D eigenvalue weighted by atomic mass is 10.2. The van der Waals surface area contributed by atoms with Crippen LogP contribution < -0.4 is 0 Å². The van der Waals surface area contributed by atoms with Crippen LogP contribution in [0, 0.1) is 0 Å². The van der Waals surface area contributed by atoms with E-state index in [0.29, 0.717) is 0 Å². The van der Waals surface area contributed by atoms with Gasteiger partial charge in [-0.3, -0.25) is 4.79 Å². The molecule has 18 heavy (non-hydrogen) atoms. The zero-order valence-electron chi connectivity index (χ0n) is 9.93. The van der Waals surface area contributed by atoms with E-state index in [9.17, 15) is 9.90 Å². The van der Waals surface area contributed by atoms with Crippen LogP contribution in [0.1, 0.15) is 10.4 Å². The molecule has 1 heterocycles. The first-order valence-electron chi connectivity index (χ1n) is 5.07. The number of hydrogen-bond donors (Lipinski definition) is 1. The van der Waals surface area contributed by atoms with E-state index in [1.54, 1.807) is 0 Å². The maximum absolute atomic E-state index is 12.0. The molecule has 0 aliphatic carbocycles. The standard InChI is InChI=1S/C10H13Cl2N3O3/c1-15(4-6(16)5-18-2)10(17)7-3-8(11)13-14-9(7)12/h3,6,16H,4-5H2,1-2H3. The van der Waals surface area contributed by atoms with E-state index < -0.39 is 12.0 Å². The van der Waals surface area contributed by atoms with Crippen LogP contribution in [0.2, 0.25) is 10.3 Å². The third kappa shape index (κ3) is 4.06. The molecule has 1 N–H and O–H groups in total. The van der Waals surface area contributed by atoms with Gasteiger partial charge in [0.05, 0.1) is 18.3 Å². The lowest BCUT2D eigenvalue weighted by molar-refractivity contribution is 0.0380. The van der Waals surface area contributed by atoms with Crippen molar-refractivity contribution in [3.05, 3.63) is 21.9 Å². The second-order valence-corrected chi connectivity index (χ2v) is 4.41. The van der Waals surface area contributed by atoms with Crippen molar-refractivity contribution in [2.24, 2.45) is 0 Å². The van der Waals surface area contributed by atoms with Crippen LogP contribution in [-0.2, 0) is 4.74 Å². The summed E-state index contributed by atoms with van der Waals surface area (Å²) >= 11 is 11.4. The van der Waals surface area contributed by atoms with Gasteiger partial charge in [0.25, 0.3) is 5.91 Å². The molecule has 1 amide bonds. The van der Waals surface area contributed by atoms with Gasteiger partial charge in [-0.15, -0.1) is 10.2 Å². The van der Waals surface area contributed by atoms with Crippen molar-refractivity contribution in [3.63, 3.8) is 0 Å². The summed E-state index contributed by atoms with van der Waals surface area (Å²) in [5.74, 6) is -0.396. The highest BCUT2D eigenvalue weighted by molar-refractivity contribution is 6.34. The van der Waals surface area contributed by atoms with Gasteiger partial charge in [-0.25, -0.2) is 0 Å². The zero-order valence-corrected chi connectivity index (χ0v) is 11.4. The second-order valence-electron chi connectivity index (χ2n) is 3.67. The predicted molar refractivity (Wildman–Crippen MR) is 66.9 cm³/mol. The predicted octanol–water partition coefficient (Wildman–Crippen LogP) is 0.863. The Morgan fingerprint density at radius 3 is 2.83 bits per heavy atom. The van der Waals surface area contributed by atoms with Gasteiger partial charge < -0.3 is 14.7 Å². The van der Waals surface area contributed by atoms with E-state index in [0.717, 1.165) is 0 Å². The molecular weight excluding hydrogens is 281 g/mol. The number of aliphatic hydroxyl groups is 1. The SMILES string of the molecule is COCC(O)CN(C)C(=O)c1cc(Cl)nnc1Cl. The van der Waals surface area contributed by atoms with Crippen molar-refractivity contribution >= 4 is 29.1 Å². The number of halogens is 2. The smallest absolute Gasteiger partial charge is 0.256 e. The minimum Gasteiger partial charge on any atom is -0.389 e. The van der Waals surface area contributed by atoms with E-state index in [1.807, 2.05) is 0 Å². The molecule has 1 aromatic rings. The van der Waals surface area contributed by atoms with Gasteiger partial charge in [-0.2, -0.15) is 0 Å². The summed E-state index contributed by atoms with van der Waals surface area (Å²) in [5, 5.41) is 16.6. The summed E-state index contributed by atoms with van der Waals surface area (Å²) in [6.07, 6.45) is -0.770. The van der Waals surface area contributed by atoms with E-state index in [1.165, 1.54) is 25.1 Å². The van der Waals surface area contributed by atoms with Gasteiger partial charge in [0.1, 0.15) is 0 Å². The largest absolute Gasteiger partial charge is 0.389 e.